The van der Waals surface area contributed by atoms with Crippen LogP contribution in [0.3, 0.4) is 0 Å². The van der Waals surface area contributed by atoms with E-state index in [0.717, 1.165) is 6.42 Å². The summed E-state index contributed by atoms with van der Waals surface area (Å²) >= 11 is 0. The van der Waals surface area contributed by atoms with E-state index >= 15 is 0 Å². The van der Waals surface area contributed by atoms with Crippen molar-refractivity contribution in [2.45, 2.75) is 18.4 Å². The van der Waals surface area contributed by atoms with Crippen molar-refractivity contribution in [2.24, 2.45) is 5.73 Å². The lowest BCUT2D eigenvalue weighted by atomic mass is 10.2. The van der Waals surface area contributed by atoms with Gasteiger partial charge in [0.1, 0.15) is 0 Å². The van der Waals surface area contributed by atoms with E-state index in [2.05, 4.69) is 4.98 Å². The van der Waals surface area contributed by atoms with E-state index in [1.807, 2.05) is 18.3 Å². The van der Waals surface area contributed by atoms with Crippen LogP contribution in [-0.4, -0.2) is 18.1 Å². The van der Waals surface area contributed by atoms with Crippen molar-refractivity contribution in [3.63, 3.8) is 0 Å². The van der Waals surface area contributed by atoms with Gasteiger partial charge in [-0.25, -0.2) is 4.98 Å². The normalized spacial score (nSPS) is 26.8. The van der Waals surface area contributed by atoms with Gasteiger partial charge in [-0.2, -0.15) is 0 Å². The maximum atomic E-state index is 5.71. The number of ether oxygens (including phenoxy) is 1. The van der Waals surface area contributed by atoms with Gasteiger partial charge >= 0.3 is 0 Å². The number of rotatable bonds is 2. The van der Waals surface area contributed by atoms with E-state index < -0.39 is 0 Å². The van der Waals surface area contributed by atoms with Crippen molar-refractivity contribution in [1.82, 2.24) is 4.98 Å². The van der Waals surface area contributed by atoms with E-state index in [9.17, 15) is 0 Å². The first-order valence-corrected chi connectivity index (χ1v) is 4.07. The molecule has 12 heavy (non-hydrogen) atoms. The van der Waals surface area contributed by atoms with Crippen molar-refractivity contribution in [3.8, 4) is 5.88 Å². The molecule has 0 saturated heterocycles. The zero-order valence-electron chi connectivity index (χ0n) is 7.03. The molecule has 64 valence electrons. The van der Waals surface area contributed by atoms with Gasteiger partial charge in [-0.1, -0.05) is 6.07 Å². The Kier molecular flexibility index (Phi) is 1.73. The molecule has 2 rings (SSSR count). The molecular weight excluding hydrogens is 152 g/mol. The van der Waals surface area contributed by atoms with Crippen molar-refractivity contribution in [2.75, 3.05) is 7.11 Å². The molecule has 0 bridgehead atoms. The van der Waals surface area contributed by atoms with Crippen molar-refractivity contribution in [3.05, 3.63) is 23.9 Å². The molecule has 3 heteroatoms. The number of methoxy groups -OCH3 is 1. The second-order valence-electron chi connectivity index (χ2n) is 3.14. The van der Waals surface area contributed by atoms with E-state index in [-0.39, 0.29) is 0 Å². The van der Waals surface area contributed by atoms with E-state index in [1.165, 1.54) is 5.56 Å². The number of nitrogens with two attached hydrogens (primary N) is 1. The van der Waals surface area contributed by atoms with Crippen LogP contribution in [0.1, 0.15) is 17.9 Å². The van der Waals surface area contributed by atoms with Gasteiger partial charge in [-0.05, 0) is 12.0 Å². The Bertz CT molecular complexity index is 270. The van der Waals surface area contributed by atoms with Gasteiger partial charge in [0, 0.05) is 24.2 Å². The van der Waals surface area contributed by atoms with Crippen LogP contribution < -0.4 is 10.5 Å². The topological polar surface area (TPSA) is 48.1 Å². The Hall–Kier alpha value is -1.09. The fourth-order valence-corrected chi connectivity index (χ4v) is 1.33. The summed E-state index contributed by atoms with van der Waals surface area (Å²) in [6, 6.07) is 4.25. The summed E-state index contributed by atoms with van der Waals surface area (Å²) in [6.07, 6.45) is 2.93. The number of nitrogens with zero attached hydrogens (tertiary/aromatic N) is 1. The Morgan fingerprint density at radius 2 is 2.33 bits per heavy atom. The Labute approximate surface area is 71.6 Å². The average Bonchev–Trinajstić information content (AvgIpc) is 2.83. The predicted molar refractivity (Wildman–Crippen MR) is 46.1 cm³/mol. The third kappa shape index (κ3) is 1.28. The Balaban J connectivity index is 2.14. The second kappa shape index (κ2) is 2.75. The molecule has 1 aliphatic carbocycles. The Morgan fingerprint density at radius 1 is 1.58 bits per heavy atom. The summed E-state index contributed by atoms with van der Waals surface area (Å²) in [5.74, 6) is 1.19. The highest BCUT2D eigenvalue weighted by Crippen LogP contribution is 2.38. The fraction of sp³-hybridized carbons (Fsp3) is 0.444. The van der Waals surface area contributed by atoms with Crippen molar-refractivity contribution in [1.29, 1.82) is 0 Å². The van der Waals surface area contributed by atoms with Crippen LogP contribution in [0.15, 0.2) is 18.3 Å². The van der Waals surface area contributed by atoms with Gasteiger partial charge in [0.05, 0.1) is 7.11 Å². The molecule has 0 aliphatic heterocycles. The lowest BCUT2D eigenvalue weighted by molar-refractivity contribution is 0.397. The van der Waals surface area contributed by atoms with Gasteiger partial charge in [-0.15, -0.1) is 0 Å². The molecule has 0 radical (unpaired) electrons. The van der Waals surface area contributed by atoms with E-state index in [4.69, 9.17) is 10.5 Å². The van der Waals surface area contributed by atoms with E-state index in [0.29, 0.717) is 17.8 Å². The van der Waals surface area contributed by atoms with Gasteiger partial charge < -0.3 is 10.5 Å². The third-order valence-electron chi connectivity index (χ3n) is 2.24. The summed E-state index contributed by atoms with van der Waals surface area (Å²) in [7, 11) is 1.62. The zero-order valence-corrected chi connectivity index (χ0v) is 7.03. The summed E-state index contributed by atoms with van der Waals surface area (Å²) < 4.78 is 4.95. The molecule has 1 fully saturated rings. The highest BCUT2D eigenvalue weighted by Gasteiger charge is 2.34. The number of pyridine rings is 1. The zero-order chi connectivity index (χ0) is 8.55. The molecule has 1 saturated carbocycles. The van der Waals surface area contributed by atoms with Gasteiger partial charge in [-0.3, -0.25) is 0 Å². The SMILES string of the molecule is COc1ccc(C2CC2N)cn1. The van der Waals surface area contributed by atoms with E-state index in [1.54, 1.807) is 7.11 Å². The molecule has 1 heterocycles. The first kappa shape index (κ1) is 7.55. The Morgan fingerprint density at radius 3 is 2.75 bits per heavy atom. The molecule has 3 nitrogen and oxygen atoms in total. The standard InChI is InChI=1S/C9H12N2O/c1-12-9-3-2-6(5-11-9)7-4-8(7)10/h2-3,5,7-8H,4,10H2,1H3. The van der Waals surface area contributed by atoms with Gasteiger partial charge in [0.25, 0.3) is 0 Å². The average molecular weight is 164 g/mol. The quantitative estimate of drug-likeness (QED) is 0.706. The predicted octanol–water partition coefficient (Wildman–Crippen LogP) is 0.905. The maximum absolute atomic E-state index is 5.71. The molecular formula is C9H12N2O. The van der Waals surface area contributed by atoms with Crippen LogP contribution in [0.25, 0.3) is 0 Å². The lowest BCUT2D eigenvalue weighted by Gasteiger charge is -1.99. The summed E-state index contributed by atoms with van der Waals surface area (Å²) in [6.45, 7) is 0. The molecule has 0 amide bonds. The first-order chi connectivity index (χ1) is 5.81. The summed E-state index contributed by atoms with van der Waals surface area (Å²) in [4.78, 5) is 4.12. The minimum absolute atomic E-state index is 0.347. The minimum atomic E-state index is 0.347. The number of aromatic nitrogens is 1. The van der Waals surface area contributed by atoms with Gasteiger partial charge in [0.2, 0.25) is 5.88 Å². The molecule has 1 aromatic rings. The number of hydrogen-bond acceptors (Lipinski definition) is 3. The van der Waals surface area contributed by atoms with Crippen molar-refractivity contribution < 1.29 is 4.74 Å². The van der Waals surface area contributed by atoms with Crippen molar-refractivity contribution >= 4 is 0 Å². The molecule has 2 N–H and O–H groups in total. The van der Waals surface area contributed by atoms with Crippen LogP contribution in [0.4, 0.5) is 0 Å². The van der Waals surface area contributed by atoms with Crippen LogP contribution >= 0.6 is 0 Å². The number of hydrogen-bond donors (Lipinski definition) is 1. The van der Waals surface area contributed by atoms with Crippen LogP contribution in [-0.2, 0) is 0 Å². The first-order valence-electron chi connectivity index (χ1n) is 4.07. The molecule has 0 spiro atoms. The largest absolute Gasteiger partial charge is 0.481 e. The smallest absolute Gasteiger partial charge is 0.212 e. The summed E-state index contributed by atoms with van der Waals surface area (Å²) in [5.41, 5.74) is 6.94. The molecule has 1 aliphatic rings. The monoisotopic (exact) mass is 164 g/mol. The van der Waals surface area contributed by atoms with Gasteiger partial charge in [0.15, 0.2) is 0 Å². The van der Waals surface area contributed by atoms with Crippen LogP contribution in [0.5, 0.6) is 5.88 Å². The highest BCUT2D eigenvalue weighted by molar-refractivity contribution is 5.27. The molecule has 2 atom stereocenters. The van der Waals surface area contributed by atoms with Crippen LogP contribution in [0, 0.1) is 0 Å². The van der Waals surface area contributed by atoms with Crippen LogP contribution in [0.2, 0.25) is 0 Å². The maximum Gasteiger partial charge on any atom is 0.212 e. The highest BCUT2D eigenvalue weighted by atomic mass is 16.5. The lowest BCUT2D eigenvalue weighted by Crippen LogP contribution is -2.01. The molecule has 1 aromatic heterocycles. The third-order valence-corrected chi connectivity index (χ3v) is 2.24. The minimum Gasteiger partial charge on any atom is -0.481 e. The molecule has 0 aromatic carbocycles. The molecule has 2 unspecified atom stereocenters. The fourth-order valence-electron chi connectivity index (χ4n) is 1.33. The summed E-state index contributed by atoms with van der Waals surface area (Å²) in [5, 5.41) is 0. The second-order valence-corrected chi connectivity index (χ2v) is 3.14.